The van der Waals surface area contributed by atoms with Crippen LogP contribution in [0.15, 0.2) is 36.4 Å². The lowest BCUT2D eigenvalue weighted by Crippen LogP contribution is -2.40. The van der Waals surface area contributed by atoms with Gasteiger partial charge in [0, 0.05) is 37.0 Å². The Balaban J connectivity index is 1.82. The van der Waals surface area contributed by atoms with Crippen LogP contribution < -0.4 is 15.0 Å². The molecule has 0 atom stereocenters. The van der Waals surface area contributed by atoms with Crippen LogP contribution in [0.1, 0.15) is 30.9 Å². The fraction of sp³-hybridized carbons (Fsp3) is 0.391. The van der Waals surface area contributed by atoms with Gasteiger partial charge in [0.25, 0.3) is 5.92 Å². The monoisotopic (exact) mass is 520 g/mol. The van der Waals surface area contributed by atoms with Crippen LogP contribution in [0.2, 0.25) is 0 Å². The van der Waals surface area contributed by atoms with E-state index in [0.29, 0.717) is 30.0 Å². The second-order valence-corrected chi connectivity index (χ2v) is 8.25. The van der Waals surface area contributed by atoms with Gasteiger partial charge < -0.3 is 15.0 Å². The molecule has 2 aromatic carbocycles. The van der Waals surface area contributed by atoms with Crippen LogP contribution in [-0.4, -0.2) is 35.6 Å². The summed E-state index contributed by atoms with van der Waals surface area (Å²) in [6, 6.07) is 5.72. The quantitative estimate of drug-likeness (QED) is 0.366. The molecule has 0 spiro atoms. The Labute approximate surface area is 200 Å². The summed E-state index contributed by atoms with van der Waals surface area (Å²) < 4.78 is 113. The number of benzene rings is 2. The molecule has 1 N–H and O–H groups in total. The van der Waals surface area contributed by atoms with E-state index in [1.807, 2.05) is 0 Å². The average molecular weight is 520 g/mol. The molecule has 1 saturated heterocycles. The number of hydrogen-bond donors (Lipinski definition) is 1. The van der Waals surface area contributed by atoms with E-state index in [2.05, 4.69) is 15.3 Å². The molecule has 13 heteroatoms. The van der Waals surface area contributed by atoms with Crippen molar-refractivity contribution in [1.82, 2.24) is 9.97 Å². The zero-order valence-corrected chi connectivity index (χ0v) is 18.8. The topological polar surface area (TPSA) is 50.3 Å². The number of alkyl halides is 8. The number of rotatable bonds is 5. The van der Waals surface area contributed by atoms with Crippen LogP contribution in [-0.2, 0) is 12.4 Å². The van der Waals surface area contributed by atoms with Gasteiger partial charge in [-0.25, -0.2) is 13.8 Å². The van der Waals surface area contributed by atoms with E-state index in [0.717, 1.165) is 0 Å². The summed E-state index contributed by atoms with van der Waals surface area (Å²) in [5, 5.41) is 2.82. The molecule has 4 rings (SSSR count). The highest BCUT2D eigenvalue weighted by molar-refractivity contribution is 5.93. The normalized spacial score (nSPS) is 16.3. The molecule has 0 unspecified atom stereocenters. The molecule has 0 radical (unpaired) electrons. The van der Waals surface area contributed by atoms with Gasteiger partial charge in [-0.15, -0.1) is 0 Å². The van der Waals surface area contributed by atoms with Crippen molar-refractivity contribution in [3.63, 3.8) is 0 Å². The van der Waals surface area contributed by atoms with Crippen molar-refractivity contribution in [2.24, 2.45) is 0 Å². The third kappa shape index (κ3) is 5.71. The first-order chi connectivity index (χ1) is 16.7. The van der Waals surface area contributed by atoms with Gasteiger partial charge in [0.05, 0.1) is 23.3 Å². The van der Waals surface area contributed by atoms with E-state index < -0.39 is 47.9 Å². The Morgan fingerprint density at radius 1 is 0.917 bits per heavy atom. The van der Waals surface area contributed by atoms with Crippen LogP contribution in [0, 0.1) is 0 Å². The summed E-state index contributed by atoms with van der Waals surface area (Å²) in [6.07, 6.45) is -10.9. The SMILES string of the molecule is CCOc1ccc2nc(N3CCC(F)(F)CC3)nc(Nc3cc(C(F)(F)F)cc(C(F)(F)F)c3)c2c1. The minimum Gasteiger partial charge on any atom is -0.494 e. The smallest absolute Gasteiger partial charge is 0.416 e. The third-order valence-electron chi connectivity index (χ3n) is 5.59. The predicted octanol–water partition coefficient (Wildman–Crippen LogP) is 7.05. The summed E-state index contributed by atoms with van der Waals surface area (Å²) in [6.45, 7) is 1.89. The van der Waals surface area contributed by atoms with Gasteiger partial charge in [-0.1, -0.05) is 0 Å². The first-order valence-corrected chi connectivity index (χ1v) is 10.9. The van der Waals surface area contributed by atoms with Gasteiger partial charge >= 0.3 is 12.4 Å². The number of fused-ring (bicyclic) bond motifs is 1. The maximum atomic E-state index is 13.6. The van der Waals surface area contributed by atoms with E-state index in [1.54, 1.807) is 19.1 Å². The van der Waals surface area contributed by atoms with Crippen LogP contribution in [0.3, 0.4) is 0 Å². The summed E-state index contributed by atoms with van der Waals surface area (Å²) in [5.74, 6) is -2.54. The molecule has 5 nitrogen and oxygen atoms in total. The minimum absolute atomic E-state index is 0.0210. The van der Waals surface area contributed by atoms with E-state index in [4.69, 9.17) is 4.74 Å². The third-order valence-corrected chi connectivity index (χ3v) is 5.59. The molecule has 0 saturated carbocycles. The number of aromatic nitrogens is 2. The minimum atomic E-state index is -5.03. The Kier molecular flexibility index (Phi) is 6.60. The summed E-state index contributed by atoms with van der Waals surface area (Å²) >= 11 is 0. The molecule has 0 aliphatic carbocycles. The second-order valence-electron chi connectivity index (χ2n) is 8.25. The lowest BCUT2D eigenvalue weighted by atomic mass is 10.1. The first-order valence-electron chi connectivity index (χ1n) is 10.9. The molecule has 1 aromatic heterocycles. The second kappa shape index (κ2) is 9.25. The van der Waals surface area contributed by atoms with Crippen molar-refractivity contribution in [1.29, 1.82) is 0 Å². The van der Waals surface area contributed by atoms with E-state index >= 15 is 0 Å². The van der Waals surface area contributed by atoms with Crippen LogP contribution >= 0.6 is 0 Å². The van der Waals surface area contributed by atoms with Crippen LogP contribution in [0.4, 0.5) is 52.6 Å². The van der Waals surface area contributed by atoms with Gasteiger partial charge in [-0.05, 0) is 43.3 Å². The fourth-order valence-corrected chi connectivity index (χ4v) is 3.79. The highest BCUT2D eigenvalue weighted by Gasteiger charge is 2.37. The lowest BCUT2D eigenvalue weighted by Gasteiger charge is -2.32. The molecule has 3 aromatic rings. The standard InChI is InChI=1S/C23H20F8N4O/c1-2-36-16-3-4-18-17(12-16)19(34-20(33-18)35-7-5-21(24,25)6-8-35)32-15-10-13(22(26,27)28)9-14(11-15)23(29,30)31/h3-4,9-12H,2,5-8H2,1H3,(H,32,33,34). The molecule has 0 bridgehead atoms. The number of nitrogens with zero attached hydrogens (tertiary/aromatic N) is 3. The summed E-state index contributed by atoms with van der Waals surface area (Å²) in [4.78, 5) is 10.2. The van der Waals surface area contributed by atoms with Crippen molar-refractivity contribution < 1.29 is 39.9 Å². The van der Waals surface area contributed by atoms with Gasteiger partial charge in [-0.2, -0.15) is 31.3 Å². The zero-order valence-electron chi connectivity index (χ0n) is 18.8. The van der Waals surface area contributed by atoms with E-state index in [-0.39, 0.29) is 36.3 Å². The zero-order chi connectivity index (χ0) is 26.3. The molecule has 1 aliphatic heterocycles. The van der Waals surface area contributed by atoms with E-state index in [9.17, 15) is 35.1 Å². The van der Waals surface area contributed by atoms with Crippen molar-refractivity contribution in [3.8, 4) is 5.75 Å². The van der Waals surface area contributed by atoms with E-state index in [1.165, 1.54) is 11.0 Å². The summed E-state index contributed by atoms with van der Waals surface area (Å²) in [5.41, 5.74) is -3.19. The van der Waals surface area contributed by atoms with Gasteiger partial charge in [-0.3, -0.25) is 0 Å². The molecule has 36 heavy (non-hydrogen) atoms. The van der Waals surface area contributed by atoms with Gasteiger partial charge in [0.15, 0.2) is 0 Å². The number of hydrogen-bond acceptors (Lipinski definition) is 5. The van der Waals surface area contributed by atoms with Crippen LogP contribution in [0.25, 0.3) is 10.9 Å². The molecular weight excluding hydrogens is 500 g/mol. The molecule has 1 aliphatic rings. The average Bonchev–Trinajstić information content (AvgIpc) is 2.78. The number of halogens is 8. The maximum Gasteiger partial charge on any atom is 0.416 e. The van der Waals surface area contributed by atoms with Crippen molar-refractivity contribution in [2.75, 3.05) is 29.9 Å². The van der Waals surface area contributed by atoms with Gasteiger partial charge in [0.1, 0.15) is 11.6 Å². The van der Waals surface area contributed by atoms with Crippen molar-refractivity contribution in [2.45, 2.75) is 38.0 Å². The number of anilines is 3. The Hall–Kier alpha value is -3.38. The molecular formula is C23H20F8N4O. The first kappa shape index (κ1) is 25.7. The highest BCUT2D eigenvalue weighted by atomic mass is 19.4. The molecule has 2 heterocycles. The summed E-state index contributed by atoms with van der Waals surface area (Å²) in [7, 11) is 0. The predicted molar refractivity (Wildman–Crippen MR) is 117 cm³/mol. The Morgan fingerprint density at radius 2 is 1.53 bits per heavy atom. The molecule has 0 amide bonds. The number of ether oxygens (including phenoxy) is 1. The van der Waals surface area contributed by atoms with Crippen LogP contribution in [0.5, 0.6) is 5.75 Å². The molecule has 1 fully saturated rings. The Morgan fingerprint density at radius 3 is 2.08 bits per heavy atom. The van der Waals surface area contributed by atoms with Crippen molar-refractivity contribution >= 4 is 28.4 Å². The molecule has 194 valence electrons. The van der Waals surface area contributed by atoms with Gasteiger partial charge in [0.2, 0.25) is 5.95 Å². The number of piperidine rings is 1. The lowest BCUT2D eigenvalue weighted by molar-refractivity contribution is -0.143. The van der Waals surface area contributed by atoms with Crippen molar-refractivity contribution in [3.05, 3.63) is 47.5 Å². The maximum absolute atomic E-state index is 13.6. The highest BCUT2D eigenvalue weighted by Crippen LogP contribution is 2.39. The largest absolute Gasteiger partial charge is 0.494 e. The Bertz CT molecular complexity index is 1220. The fourth-order valence-electron chi connectivity index (χ4n) is 3.79. The number of nitrogens with one attached hydrogen (secondary N) is 1.